The third-order valence-electron chi connectivity index (χ3n) is 5.47. The summed E-state index contributed by atoms with van der Waals surface area (Å²) in [7, 11) is 0. The molecule has 1 fully saturated rings. The first-order valence-corrected chi connectivity index (χ1v) is 9.71. The molecule has 0 radical (unpaired) electrons. The summed E-state index contributed by atoms with van der Waals surface area (Å²) in [6, 6.07) is 12.9. The highest BCUT2D eigenvalue weighted by molar-refractivity contribution is 5.81. The van der Waals surface area contributed by atoms with Gasteiger partial charge in [0.05, 0.1) is 12.0 Å². The van der Waals surface area contributed by atoms with Crippen LogP contribution in [0.15, 0.2) is 42.5 Å². The van der Waals surface area contributed by atoms with Gasteiger partial charge in [0.25, 0.3) is 0 Å². The first-order valence-electron chi connectivity index (χ1n) is 9.71. The van der Waals surface area contributed by atoms with Crippen molar-refractivity contribution in [3.8, 4) is 0 Å². The Morgan fingerprint density at radius 2 is 1.93 bits per heavy atom. The summed E-state index contributed by atoms with van der Waals surface area (Å²) in [5.41, 5.74) is 3.71. The van der Waals surface area contributed by atoms with E-state index in [0.29, 0.717) is 31.5 Å². The molecule has 2 atom stereocenters. The molecule has 2 aromatic rings. The summed E-state index contributed by atoms with van der Waals surface area (Å²) >= 11 is 0. The molecule has 0 bridgehead atoms. The summed E-state index contributed by atoms with van der Waals surface area (Å²) in [4.78, 5) is 26.7. The highest BCUT2D eigenvalue weighted by Gasteiger charge is 2.34. The summed E-state index contributed by atoms with van der Waals surface area (Å²) in [6.45, 7) is 6.14. The highest BCUT2D eigenvalue weighted by Crippen LogP contribution is 2.34. The molecule has 28 heavy (non-hydrogen) atoms. The summed E-state index contributed by atoms with van der Waals surface area (Å²) in [6.07, 6.45) is 1.39. The molecule has 0 spiro atoms. The van der Waals surface area contributed by atoms with Gasteiger partial charge in [-0.1, -0.05) is 42.0 Å². The van der Waals surface area contributed by atoms with Crippen molar-refractivity contribution in [1.29, 1.82) is 0 Å². The van der Waals surface area contributed by atoms with E-state index in [1.807, 2.05) is 25.1 Å². The van der Waals surface area contributed by atoms with Crippen LogP contribution >= 0.6 is 0 Å². The fourth-order valence-electron chi connectivity index (χ4n) is 3.91. The SMILES string of the molecule is CC(=O)N1C[C@@H](C(=O)NCc2cccc(C)c2)CC[C@H]1c1ccc(F)c(C)c1. The number of amides is 2. The number of carbonyl (C=O) groups excluding carboxylic acids is 2. The molecule has 5 heteroatoms. The molecule has 0 unspecified atom stereocenters. The smallest absolute Gasteiger partial charge is 0.225 e. The van der Waals surface area contributed by atoms with Crippen molar-refractivity contribution in [1.82, 2.24) is 10.2 Å². The molecule has 0 saturated carbocycles. The largest absolute Gasteiger partial charge is 0.352 e. The molecule has 1 heterocycles. The quantitative estimate of drug-likeness (QED) is 0.867. The highest BCUT2D eigenvalue weighted by atomic mass is 19.1. The lowest BCUT2D eigenvalue weighted by atomic mass is 9.88. The van der Waals surface area contributed by atoms with Crippen molar-refractivity contribution in [2.24, 2.45) is 5.92 Å². The summed E-state index contributed by atoms with van der Waals surface area (Å²) in [5, 5.41) is 3.00. The van der Waals surface area contributed by atoms with Crippen molar-refractivity contribution < 1.29 is 14.0 Å². The summed E-state index contributed by atoms with van der Waals surface area (Å²) in [5.74, 6) is -0.571. The Kier molecular flexibility index (Phi) is 6.12. The minimum atomic E-state index is -0.248. The predicted octanol–water partition coefficient (Wildman–Crippen LogP) is 4.06. The first-order chi connectivity index (χ1) is 13.3. The molecule has 2 aromatic carbocycles. The van der Waals surface area contributed by atoms with Crippen LogP contribution in [0.5, 0.6) is 0 Å². The topological polar surface area (TPSA) is 49.4 Å². The predicted molar refractivity (Wildman–Crippen MR) is 107 cm³/mol. The van der Waals surface area contributed by atoms with Crippen LogP contribution in [-0.2, 0) is 16.1 Å². The zero-order valence-electron chi connectivity index (χ0n) is 16.7. The van der Waals surface area contributed by atoms with E-state index in [1.54, 1.807) is 24.0 Å². The maximum absolute atomic E-state index is 13.6. The van der Waals surface area contributed by atoms with Gasteiger partial charge < -0.3 is 10.2 Å². The monoisotopic (exact) mass is 382 g/mol. The molecule has 4 nitrogen and oxygen atoms in total. The number of piperidine rings is 1. The van der Waals surface area contributed by atoms with Gasteiger partial charge in [-0.3, -0.25) is 9.59 Å². The van der Waals surface area contributed by atoms with Crippen LogP contribution < -0.4 is 5.32 Å². The van der Waals surface area contributed by atoms with Crippen LogP contribution in [0.2, 0.25) is 0 Å². The molecular weight excluding hydrogens is 355 g/mol. The van der Waals surface area contributed by atoms with Gasteiger partial charge in [0.15, 0.2) is 0 Å². The second-order valence-electron chi connectivity index (χ2n) is 7.68. The van der Waals surface area contributed by atoms with E-state index < -0.39 is 0 Å². The van der Waals surface area contributed by atoms with Gasteiger partial charge in [0, 0.05) is 20.0 Å². The minimum Gasteiger partial charge on any atom is -0.352 e. The zero-order valence-corrected chi connectivity index (χ0v) is 16.7. The number of rotatable bonds is 4. The molecule has 1 aliphatic rings. The fraction of sp³-hybridized carbons (Fsp3) is 0.391. The van der Waals surface area contributed by atoms with E-state index in [0.717, 1.165) is 16.7 Å². The van der Waals surface area contributed by atoms with Crippen molar-refractivity contribution in [2.45, 2.75) is 46.2 Å². The van der Waals surface area contributed by atoms with Gasteiger partial charge in [-0.25, -0.2) is 4.39 Å². The van der Waals surface area contributed by atoms with Crippen molar-refractivity contribution >= 4 is 11.8 Å². The third kappa shape index (κ3) is 4.58. The van der Waals surface area contributed by atoms with Crippen LogP contribution in [0.4, 0.5) is 4.39 Å². The first kappa shape index (κ1) is 20.1. The van der Waals surface area contributed by atoms with E-state index in [2.05, 4.69) is 11.4 Å². The molecule has 148 valence electrons. The normalized spacial score (nSPS) is 19.4. The second kappa shape index (κ2) is 8.55. The summed E-state index contributed by atoms with van der Waals surface area (Å²) < 4.78 is 13.6. The van der Waals surface area contributed by atoms with Gasteiger partial charge in [0.1, 0.15) is 5.82 Å². The average Bonchev–Trinajstić information content (AvgIpc) is 2.68. The molecular formula is C23H27FN2O2. The Bertz CT molecular complexity index is 881. The van der Waals surface area contributed by atoms with Crippen LogP contribution in [-0.4, -0.2) is 23.3 Å². The number of carbonyl (C=O) groups is 2. The van der Waals surface area contributed by atoms with Gasteiger partial charge in [-0.05, 0) is 49.4 Å². The minimum absolute atomic E-state index is 0.0264. The molecule has 0 aromatic heterocycles. The number of hydrogen-bond donors (Lipinski definition) is 1. The Morgan fingerprint density at radius 3 is 2.61 bits per heavy atom. The fourth-order valence-corrected chi connectivity index (χ4v) is 3.91. The Hall–Kier alpha value is -2.69. The lowest BCUT2D eigenvalue weighted by molar-refractivity contribution is -0.137. The van der Waals surface area contributed by atoms with E-state index in [1.165, 1.54) is 13.0 Å². The van der Waals surface area contributed by atoms with Gasteiger partial charge >= 0.3 is 0 Å². The van der Waals surface area contributed by atoms with E-state index in [-0.39, 0.29) is 29.6 Å². The molecule has 1 aliphatic heterocycles. The molecule has 2 amide bonds. The van der Waals surface area contributed by atoms with Gasteiger partial charge in [-0.15, -0.1) is 0 Å². The van der Waals surface area contributed by atoms with Crippen molar-refractivity contribution in [2.75, 3.05) is 6.54 Å². The maximum Gasteiger partial charge on any atom is 0.225 e. The number of likely N-dealkylation sites (tertiary alicyclic amines) is 1. The van der Waals surface area contributed by atoms with Crippen LogP contribution in [0, 0.1) is 25.6 Å². The maximum atomic E-state index is 13.6. The van der Waals surface area contributed by atoms with E-state index >= 15 is 0 Å². The van der Waals surface area contributed by atoms with Crippen molar-refractivity contribution in [3.05, 3.63) is 70.5 Å². The lowest BCUT2D eigenvalue weighted by Crippen LogP contribution is -2.46. The number of hydrogen-bond acceptors (Lipinski definition) is 2. The average molecular weight is 382 g/mol. The van der Waals surface area contributed by atoms with E-state index in [9.17, 15) is 14.0 Å². The van der Waals surface area contributed by atoms with Crippen LogP contribution in [0.3, 0.4) is 0 Å². The number of nitrogens with one attached hydrogen (secondary N) is 1. The van der Waals surface area contributed by atoms with Crippen LogP contribution in [0.1, 0.15) is 48.1 Å². The lowest BCUT2D eigenvalue weighted by Gasteiger charge is -2.39. The number of benzene rings is 2. The van der Waals surface area contributed by atoms with Gasteiger partial charge in [0.2, 0.25) is 11.8 Å². The third-order valence-corrected chi connectivity index (χ3v) is 5.47. The molecule has 0 aliphatic carbocycles. The second-order valence-corrected chi connectivity index (χ2v) is 7.68. The van der Waals surface area contributed by atoms with Crippen molar-refractivity contribution in [3.63, 3.8) is 0 Å². The Labute approximate surface area is 165 Å². The molecule has 1 saturated heterocycles. The number of aryl methyl sites for hydroxylation is 2. The number of halogens is 1. The Balaban J connectivity index is 1.67. The van der Waals surface area contributed by atoms with E-state index in [4.69, 9.17) is 0 Å². The zero-order chi connectivity index (χ0) is 20.3. The molecule has 1 N–H and O–H groups in total. The van der Waals surface area contributed by atoms with Crippen LogP contribution in [0.25, 0.3) is 0 Å². The standard InChI is InChI=1S/C23H27FN2O2/c1-15-5-4-6-18(11-15)13-25-23(28)20-8-10-22(26(14-20)17(3)27)19-7-9-21(24)16(2)12-19/h4-7,9,11-12,20,22H,8,10,13-14H2,1-3H3,(H,25,28)/t20-,22-/m0/s1. The number of nitrogens with zero attached hydrogens (tertiary/aromatic N) is 1. The van der Waals surface area contributed by atoms with Gasteiger partial charge in [-0.2, -0.15) is 0 Å². The molecule has 3 rings (SSSR count). The Morgan fingerprint density at radius 1 is 1.14 bits per heavy atom.